The van der Waals surface area contributed by atoms with E-state index in [0.717, 1.165) is 4.90 Å². The van der Waals surface area contributed by atoms with Crippen molar-refractivity contribution in [3.8, 4) is 11.8 Å². The molecule has 7 heteroatoms. The number of anilines is 1. The summed E-state index contributed by atoms with van der Waals surface area (Å²) in [5.74, 6) is -0.652. The molecule has 0 unspecified atom stereocenters. The number of ether oxygens (including phenoxy) is 1. The van der Waals surface area contributed by atoms with Crippen LogP contribution < -0.4 is 10.1 Å². The molecule has 0 heterocycles. The molecular weight excluding hydrogens is 298 g/mol. The number of carboxylic acids is 1. The van der Waals surface area contributed by atoms with Crippen LogP contribution in [0.3, 0.4) is 0 Å². The minimum Gasteiger partial charge on any atom is -0.492 e. The van der Waals surface area contributed by atoms with Crippen LogP contribution in [0.15, 0.2) is 24.3 Å². The number of benzene rings is 1. The Morgan fingerprint density at radius 1 is 1.39 bits per heavy atom. The lowest BCUT2D eigenvalue weighted by molar-refractivity contribution is -0.147. The second-order valence-corrected chi connectivity index (χ2v) is 5.28. The number of hydrogen-bond donors (Lipinski definition) is 2. The number of rotatable bonds is 7. The molecular formula is C16H21N3O4. The number of aliphatic carboxylic acids is 1. The van der Waals surface area contributed by atoms with Crippen LogP contribution >= 0.6 is 0 Å². The Labute approximate surface area is 135 Å². The zero-order valence-electron chi connectivity index (χ0n) is 13.5. The van der Waals surface area contributed by atoms with Crippen LogP contribution in [0.1, 0.15) is 27.2 Å². The highest BCUT2D eigenvalue weighted by Gasteiger charge is 2.37. The maximum atomic E-state index is 12.5. The molecule has 0 aromatic heterocycles. The molecule has 2 amide bonds. The van der Waals surface area contributed by atoms with Crippen LogP contribution in [0.4, 0.5) is 10.5 Å². The number of nitrogens with one attached hydrogen (secondary N) is 1. The number of urea groups is 1. The van der Waals surface area contributed by atoms with Crippen molar-refractivity contribution in [3.05, 3.63) is 24.3 Å². The number of para-hydroxylation sites is 2. The molecule has 0 saturated carbocycles. The van der Waals surface area contributed by atoms with Gasteiger partial charge in [-0.2, -0.15) is 5.26 Å². The Morgan fingerprint density at radius 3 is 2.61 bits per heavy atom. The summed E-state index contributed by atoms with van der Waals surface area (Å²) in [6.45, 7) is 5.11. The van der Waals surface area contributed by atoms with Gasteiger partial charge in [-0.15, -0.1) is 0 Å². The summed E-state index contributed by atoms with van der Waals surface area (Å²) in [6.07, 6.45) is 0.0389. The lowest BCUT2D eigenvalue weighted by atomic mass is 10.0. The summed E-state index contributed by atoms with van der Waals surface area (Å²) < 4.78 is 5.43. The van der Waals surface area contributed by atoms with Gasteiger partial charge in [0.2, 0.25) is 0 Å². The molecule has 1 aromatic rings. The van der Waals surface area contributed by atoms with Gasteiger partial charge in [0, 0.05) is 6.54 Å². The molecule has 0 atom stereocenters. The van der Waals surface area contributed by atoms with Crippen LogP contribution in [-0.4, -0.2) is 40.7 Å². The van der Waals surface area contributed by atoms with Crippen molar-refractivity contribution in [1.82, 2.24) is 4.90 Å². The minimum absolute atomic E-state index is 0.0123. The maximum Gasteiger partial charge on any atom is 0.329 e. The average Bonchev–Trinajstić information content (AvgIpc) is 2.49. The number of carbonyl (C=O) groups is 2. The predicted octanol–water partition coefficient (Wildman–Crippen LogP) is 2.70. The van der Waals surface area contributed by atoms with Crippen molar-refractivity contribution in [2.75, 3.05) is 18.5 Å². The monoisotopic (exact) mass is 319 g/mol. The third-order valence-electron chi connectivity index (χ3n) is 3.32. The second-order valence-electron chi connectivity index (χ2n) is 5.28. The third kappa shape index (κ3) is 4.61. The molecule has 23 heavy (non-hydrogen) atoms. The smallest absolute Gasteiger partial charge is 0.329 e. The lowest BCUT2D eigenvalue weighted by Gasteiger charge is -2.34. The number of carbonyl (C=O) groups excluding carboxylic acids is 1. The number of hydrogen-bond acceptors (Lipinski definition) is 4. The first-order chi connectivity index (χ1) is 10.8. The summed E-state index contributed by atoms with van der Waals surface area (Å²) in [5.41, 5.74) is -0.996. The van der Waals surface area contributed by atoms with Gasteiger partial charge in [-0.05, 0) is 32.9 Å². The highest BCUT2D eigenvalue weighted by atomic mass is 16.5. The summed E-state index contributed by atoms with van der Waals surface area (Å²) in [5, 5.41) is 20.7. The van der Waals surface area contributed by atoms with Crippen molar-refractivity contribution >= 4 is 17.7 Å². The largest absolute Gasteiger partial charge is 0.492 e. The standard InChI is InChI=1S/C16H21N3O4/c1-4-23-13-9-6-5-8-12(13)18-15(22)19(11-7-10-17)16(2,3)14(20)21/h5-6,8-9H,4,7,11H2,1-3H3,(H,18,22)(H,20,21). The van der Waals surface area contributed by atoms with Gasteiger partial charge in [0.25, 0.3) is 0 Å². The lowest BCUT2D eigenvalue weighted by Crippen LogP contribution is -2.54. The van der Waals surface area contributed by atoms with E-state index in [1.807, 2.05) is 13.0 Å². The molecule has 0 fully saturated rings. The fourth-order valence-corrected chi connectivity index (χ4v) is 1.95. The molecule has 0 aliphatic rings. The van der Waals surface area contributed by atoms with E-state index in [2.05, 4.69) is 5.32 Å². The first kappa shape index (κ1) is 18.3. The predicted molar refractivity (Wildman–Crippen MR) is 85.3 cm³/mol. The fraction of sp³-hybridized carbons (Fsp3) is 0.438. The second kappa shape index (κ2) is 8.03. The third-order valence-corrected chi connectivity index (χ3v) is 3.32. The van der Waals surface area contributed by atoms with E-state index in [0.29, 0.717) is 18.0 Å². The Balaban J connectivity index is 3.03. The summed E-state index contributed by atoms with van der Waals surface area (Å²) in [6, 6.07) is 8.21. The Bertz CT molecular complexity index is 608. The maximum absolute atomic E-state index is 12.5. The van der Waals surface area contributed by atoms with Crippen molar-refractivity contribution in [2.24, 2.45) is 0 Å². The van der Waals surface area contributed by atoms with Crippen molar-refractivity contribution < 1.29 is 19.4 Å². The first-order valence-electron chi connectivity index (χ1n) is 7.25. The van der Waals surface area contributed by atoms with Gasteiger partial charge in [-0.1, -0.05) is 12.1 Å². The topological polar surface area (TPSA) is 103 Å². The highest BCUT2D eigenvalue weighted by Crippen LogP contribution is 2.25. The first-order valence-corrected chi connectivity index (χ1v) is 7.25. The van der Waals surface area contributed by atoms with E-state index in [4.69, 9.17) is 10.00 Å². The minimum atomic E-state index is -1.44. The normalized spacial score (nSPS) is 10.5. The number of nitrogens with zero attached hydrogens (tertiary/aromatic N) is 2. The van der Waals surface area contributed by atoms with Crippen LogP contribution in [0.25, 0.3) is 0 Å². The molecule has 1 aromatic carbocycles. The van der Waals surface area contributed by atoms with Crippen LogP contribution in [0.5, 0.6) is 5.75 Å². The van der Waals surface area contributed by atoms with Gasteiger partial charge in [-0.3, -0.25) is 0 Å². The van der Waals surface area contributed by atoms with Gasteiger partial charge in [0.05, 0.1) is 24.8 Å². The number of nitriles is 1. The van der Waals surface area contributed by atoms with Gasteiger partial charge in [0.1, 0.15) is 11.3 Å². The zero-order chi connectivity index (χ0) is 17.5. The molecule has 0 aliphatic carbocycles. The fourth-order valence-electron chi connectivity index (χ4n) is 1.95. The quantitative estimate of drug-likeness (QED) is 0.804. The molecule has 124 valence electrons. The van der Waals surface area contributed by atoms with E-state index >= 15 is 0 Å². The van der Waals surface area contributed by atoms with Crippen LogP contribution in [0.2, 0.25) is 0 Å². The van der Waals surface area contributed by atoms with Gasteiger partial charge >= 0.3 is 12.0 Å². The molecule has 0 radical (unpaired) electrons. The Hall–Kier alpha value is -2.75. The van der Waals surface area contributed by atoms with Crippen molar-refractivity contribution in [1.29, 1.82) is 5.26 Å². The molecule has 0 saturated heterocycles. The number of carboxylic acid groups (broad SMARTS) is 1. The zero-order valence-corrected chi connectivity index (χ0v) is 13.5. The van der Waals surface area contributed by atoms with E-state index in [-0.39, 0.29) is 13.0 Å². The van der Waals surface area contributed by atoms with Gasteiger partial charge in [-0.25, -0.2) is 9.59 Å². The SMILES string of the molecule is CCOc1ccccc1NC(=O)N(CCC#N)C(C)(C)C(=O)O. The van der Waals surface area contributed by atoms with Crippen LogP contribution in [-0.2, 0) is 4.79 Å². The summed E-state index contributed by atoms with van der Waals surface area (Å²) >= 11 is 0. The van der Waals surface area contributed by atoms with E-state index in [9.17, 15) is 14.7 Å². The highest BCUT2D eigenvalue weighted by molar-refractivity contribution is 5.94. The van der Waals surface area contributed by atoms with E-state index < -0.39 is 17.5 Å². The molecule has 0 spiro atoms. The van der Waals surface area contributed by atoms with Gasteiger partial charge < -0.3 is 20.1 Å². The Morgan fingerprint density at radius 2 is 2.04 bits per heavy atom. The summed E-state index contributed by atoms with van der Waals surface area (Å²) in [7, 11) is 0. The van der Waals surface area contributed by atoms with Crippen LogP contribution in [0, 0.1) is 11.3 Å². The molecule has 2 N–H and O–H groups in total. The molecule has 7 nitrogen and oxygen atoms in total. The van der Waals surface area contributed by atoms with Gasteiger partial charge in [0.15, 0.2) is 0 Å². The molecule has 1 rings (SSSR count). The Kier molecular flexibility index (Phi) is 6.39. The van der Waals surface area contributed by atoms with Crippen molar-refractivity contribution in [3.63, 3.8) is 0 Å². The summed E-state index contributed by atoms with van der Waals surface area (Å²) in [4.78, 5) is 25.1. The average molecular weight is 319 g/mol. The van der Waals surface area contributed by atoms with E-state index in [1.165, 1.54) is 13.8 Å². The molecule has 0 bridgehead atoms. The molecule has 0 aliphatic heterocycles. The van der Waals surface area contributed by atoms with E-state index in [1.54, 1.807) is 24.3 Å². The van der Waals surface area contributed by atoms with Crippen molar-refractivity contribution in [2.45, 2.75) is 32.7 Å². The number of amides is 2.